The number of carbonyl (C=O) groups is 2. The molecule has 1 aromatic rings. The molecule has 0 saturated heterocycles. The number of benzene rings is 1. The Kier molecular flexibility index (Phi) is 5.85. The predicted molar refractivity (Wildman–Crippen MR) is 84.5 cm³/mol. The summed E-state index contributed by atoms with van der Waals surface area (Å²) in [7, 11) is 0. The zero-order valence-corrected chi connectivity index (χ0v) is 13.5. The molecule has 1 aliphatic carbocycles. The Morgan fingerprint density at radius 1 is 1.17 bits per heavy atom. The Bertz CT molecular complexity index is 578. The zero-order valence-electron chi connectivity index (χ0n) is 13.5. The van der Waals surface area contributed by atoms with Crippen LogP contribution < -0.4 is 10.2 Å². The van der Waals surface area contributed by atoms with Crippen molar-refractivity contribution in [1.29, 1.82) is 0 Å². The van der Waals surface area contributed by atoms with E-state index in [1.54, 1.807) is 0 Å². The van der Waals surface area contributed by atoms with Gasteiger partial charge in [0.05, 0.1) is 5.56 Å². The van der Waals surface area contributed by atoms with Crippen molar-refractivity contribution in [3.63, 3.8) is 0 Å². The molecule has 2 amide bonds. The molecular formula is C17H21F3N2O2. The minimum absolute atomic E-state index is 0.122. The molecule has 1 saturated carbocycles. The van der Waals surface area contributed by atoms with E-state index < -0.39 is 11.7 Å². The fourth-order valence-corrected chi connectivity index (χ4v) is 2.88. The molecule has 2 rings (SSSR count). The maximum atomic E-state index is 12.6. The first kappa shape index (κ1) is 18.3. The number of carbonyl (C=O) groups excluding carboxylic acids is 2. The van der Waals surface area contributed by atoms with Crippen LogP contribution in [-0.2, 0) is 15.8 Å². The van der Waals surface area contributed by atoms with Crippen molar-refractivity contribution in [2.75, 3.05) is 11.4 Å². The fourth-order valence-electron chi connectivity index (χ4n) is 2.88. The van der Waals surface area contributed by atoms with Gasteiger partial charge in [0.2, 0.25) is 11.8 Å². The molecule has 0 heterocycles. The van der Waals surface area contributed by atoms with E-state index in [9.17, 15) is 22.8 Å². The number of amides is 2. The van der Waals surface area contributed by atoms with Gasteiger partial charge in [-0.1, -0.05) is 12.8 Å². The second-order valence-electron chi connectivity index (χ2n) is 6.01. The molecule has 1 aromatic carbocycles. The van der Waals surface area contributed by atoms with Gasteiger partial charge in [0.15, 0.2) is 0 Å². The quantitative estimate of drug-likeness (QED) is 0.890. The standard InChI is InChI=1S/C17H21F3N2O2/c1-12(23)22(11-10-16(24)21-14-4-2-3-5-14)15-8-6-13(7-9-15)17(18,19)20/h6-9,14H,2-5,10-11H2,1H3,(H,21,24). The first-order valence-corrected chi connectivity index (χ1v) is 8.02. The number of nitrogens with zero attached hydrogens (tertiary/aromatic N) is 1. The number of anilines is 1. The van der Waals surface area contributed by atoms with Crippen LogP contribution in [0.5, 0.6) is 0 Å². The summed E-state index contributed by atoms with van der Waals surface area (Å²) in [6, 6.07) is 4.57. The van der Waals surface area contributed by atoms with E-state index in [0.717, 1.165) is 37.8 Å². The Morgan fingerprint density at radius 2 is 1.75 bits per heavy atom. The lowest BCUT2D eigenvalue weighted by Crippen LogP contribution is -2.37. The van der Waals surface area contributed by atoms with Crippen LogP contribution in [0.2, 0.25) is 0 Å². The van der Waals surface area contributed by atoms with Crippen LogP contribution in [0.15, 0.2) is 24.3 Å². The number of halogens is 3. The molecule has 0 bridgehead atoms. The Morgan fingerprint density at radius 3 is 2.25 bits per heavy atom. The predicted octanol–water partition coefficient (Wildman–Crippen LogP) is 3.51. The molecule has 0 spiro atoms. The molecule has 0 aromatic heterocycles. The number of alkyl halides is 3. The summed E-state index contributed by atoms with van der Waals surface area (Å²) in [6.45, 7) is 1.46. The maximum absolute atomic E-state index is 12.6. The van der Waals surface area contributed by atoms with Crippen molar-refractivity contribution in [1.82, 2.24) is 5.32 Å². The monoisotopic (exact) mass is 342 g/mol. The third-order valence-electron chi connectivity index (χ3n) is 4.17. The number of nitrogens with one attached hydrogen (secondary N) is 1. The highest BCUT2D eigenvalue weighted by molar-refractivity contribution is 5.92. The average molecular weight is 342 g/mol. The molecule has 1 N–H and O–H groups in total. The highest BCUT2D eigenvalue weighted by atomic mass is 19.4. The van der Waals surface area contributed by atoms with Crippen LogP contribution in [0.4, 0.5) is 18.9 Å². The van der Waals surface area contributed by atoms with Crippen LogP contribution in [0.3, 0.4) is 0 Å². The van der Waals surface area contributed by atoms with Gasteiger partial charge in [-0.25, -0.2) is 0 Å². The number of hydrogen-bond donors (Lipinski definition) is 1. The summed E-state index contributed by atoms with van der Waals surface area (Å²) < 4.78 is 37.8. The SMILES string of the molecule is CC(=O)N(CCC(=O)NC1CCCC1)c1ccc(C(F)(F)F)cc1. The van der Waals surface area contributed by atoms with Gasteiger partial charge in [0.25, 0.3) is 0 Å². The van der Waals surface area contributed by atoms with Crippen LogP contribution in [0.1, 0.15) is 44.6 Å². The Hall–Kier alpha value is -2.05. The lowest BCUT2D eigenvalue weighted by atomic mass is 10.1. The first-order chi connectivity index (χ1) is 11.3. The number of hydrogen-bond acceptors (Lipinski definition) is 2. The van der Waals surface area contributed by atoms with Crippen molar-refractivity contribution >= 4 is 17.5 Å². The van der Waals surface area contributed by atoms with Crippen molar-refractivity contribution in [3.8, 4) is 0 Å². The Labute approximate surface area is 139 Å². The summed E-state index contributed by atoms with van der Waals surface area (Å²) in [5.74, 6) is -0.455. The minimum atomic E-state index is -4.42. The molecule has 0 aliphatic heterocycles. The van der Waals surface area contributed by atoms with E-state index in [2.05, 4.69) is 5.32 Å². The highest BCUT2D eigenvalue weighted by Gasteiger charge is 2.30. The molecular weight excluding hydrogens is 321 g/mol. The van der Waals surface area contributed by atoms with E-state index in [1.165, 1.54) is 24.0 Å². The summed E-state index contributed by atoms with van der Waals surface area (Å²) >= 11 is 0. The van der Waals surface area contributed by atoms with Crippen LogP contribution in [0.25, 0.3) is 0 Å². The van der Waals surface area contributed by atoms with Gasteiger partial charge < -0.3 is 10.2 Å². The molecule has 132 valence electrons. The average Bonchev–Trinajstić information content (AvgIpc) is 2.99. The molecule has 1 fully saturated rings. The normalized spacial score (nSPS) is 15.3. The fraction of sp³-hybridized carbons (Fsp3) is 0.529. The summed E-state index contributed by atoms with van der Waals surface area (Å²) in [4.78, 5) is 25.0. The van der Waals surface area contributed by atoms with Crippen molar-refractivity contribution < 1.29 is 22.8 Å². The second-order valence-corrected chi connectivity index (χ2v) is 6.01. The van der Waals surface area contributed by atoms with Crippen molar-refractivity contribution in [2.24, 2.45) is 0 Å². The van der Waals surface area contributed by atoms with E-state index in [1.807, 2.05) is 0 Å². The zero-order chi connectivity index (χ0) is 17.7. The maximum Gasteiger partial charge on any atom is 0.416 e. The third kappa shape index (κ3) is 4.97. The molecule has 0 atom stereocenters. The van der Waals surface area contributed by atoms with E-state index >= 15 is 0 Å². The van der Waals surface area contributed by atoms with Gasteiger partial charge in [0.1, 0.15) is 0 Å². The molecule has 4 nitrogen and oxygen atoms in total. The van der Waals surface area contributed by atoms with Crippen LogP contribution >= 0.6 is 0 Å². The number of rotatable bonds is 5. The van der Waals surface area contributed by atoms with Crippen molar-refractivity contribution in [3.05, 3.63) is 29.8 Å². The van der Waals surface area contributed by atoms with E-state index in [-0.39, 0.29) is 30.8 Å². The molecule has 7 heteroatoms. The largest absolute Gasteiger partial charge is 0.416 e. The van der Waals surface area contributed by atoms with Gasteiger partial charge in [0, 0.05) is 31.6 Å². The van der Waals surface area contributed by atoms with Gasteiger partial charge in [-0.15, -0.1) is 0 Å². The van der Waals surface area contributed by atoms with Gasteiger partial charge in [-0.05, 0) is 37.1 Å². The highest BCUT2D eigenvalue weighted by Crippen LogP contribution is 2.30. The molecule has 1 aliphatic rings. The van der Waals surface area contributed by atoms with Gasteiger partial charge in [-0.3, -0.25) is 9.59 Å². The summed E-state index contributed by atoms with van der Waals surface area (Å²) in [5.41, 5.74) is -0.419. The lowest BCUT2D eigenvalue weighted by Gasteiger charge is -2.22. The minimum Gasteiger partial charge on any atom is -0.353 e. The van der Waals surface area contributed by atoms with Crippen LogP contribution in [-0.4, -0.2) is 24.4 Å². The molecule has 0 radical (unpaired) electrons. The van der Waals surface area contributed by atoms with Crippen LogP contribution in [0, 0.1) is 0 Å². The summed E-state index contributed by atoms with van der Waals surface area (Å²) in [6.07, 6.45) is -0.133. The smallest absolute Gasteiger partial charge is 0.353 e. The van der Waals surface area contributed by atoms with E-state index in [4.69, 9.17) is 0 Å². The van der Waals surface area contributed by atoms with Gasteiger partial charge >= 0.3 is 6.18 Å². The topological polar surface area (TPSA) is 49.4 Å². The third-order valence-corrected chi connectivity index (χ3v) is 4.17. The van der Waals surface area contributed by atoms with Gasteiger partial charge in [-0.2, -0.15) is 13.2 Å². The second kappa shape index (κ2) is 7.68. The first-order valence-electron chi connectivity index (χ1n) is 8.02. The molecule has 24 heavy (non-hydrogen) atoms. The summed E-state index contributed by atoms with van der Waals surface area (Å²) in [5, 5.41) is 2.93. The Balaban J connectivity index is 1.96. The van der Waals surface area contributed by atoms with E-state index in [0.29, 0.717) is 5.69 Å². The van der Waals surface area contributed by atoms with Crippen molar-refractivity contribution in [2.45, 2.75) is 51.2 Å². The lowest BCUT2D eigenvalue weighted by molar-refractivity contribution is -0.137. The molecule has 0 unspecified atom stereocenters.